The quantitative estimate of drug-likeness (QED) is 0.512. The second kappa shape index (κ2) is 8.06. The van der Waals surface area contributed by atoms with Crippen molar-refractivity contribution < 1.29 is 13.6 Å². The van der Waals surface area contributed by atoms with Crippen LogP contribution < -0.4 is 5.32 Å². The van der Waals surface area contributed by atoms with Gasteiger partial charge in [-0.15, -0.1) is 0 Å². The van der Waals surface area contributed by atoms with Gasteiger partial charge in [-0.3, -0.25) is 9.78 Å². The van der Waals surface area contributed by atoms with Crippen molar-refractivity contribution in [1.29, 1.82) is 5.26 Å². The lowest BCUT2D eigenvalue weighted by Gasteiger charge is -2.06. The summed E-state index contributed by atoms with van der Waals surface area (Å²) in [7, 11) is 0. The molecule has 116 valence electrons. The zero-order valence-corrected chi connectivity index (χ0v) is 12.6. The molecule has 7 heteroatoms. The Morgan fingerprint density at radius 2 is 2.04 bits per heavy atom. The number of amides is 1. The van der Waals surface area contributed by atoms with Crippen LogP contribution >= 0.6 is 11.8 Å². The number of pyridine rings is 1. The van der Waals surface area contributed by atoms with Crippen LogP contribution in [0.4, 0.5) is 14.5 Å². The average Bonchev–Trinajstić information content (AvgIpc) is 2.55. The highest BCUT2D eigenvalue weighted by Gasteiger charge is 2.10. The van der Waals surface area contributed by atoms with Crippen molar-refractivity contribution in [2.75, 3.05) is 5.32 Å². The lowest BCUT2D eigenvalue weighted by Crippen LogP contribution is -2.13. The molecule has 0 aliphatic rings. The number of carbonyl (C=O) groups excluding carboxylic acids is 1. The van der Waals surface area contributed by atoms with Crippen LogP contribution in [-0.2, 0) is 4.79 Å². The van der Waals surface area contributed by atoms with E-state index in [0.717, 1.165) is 0 Å². The summed E-state index contributed by atoms with van der Waals surface area (Å²) in [5, 5.41) is 11.6. The summed E-state index contributed by atoms with van der Waals surface area (Å²) in [5.41, 5.74) is 0.966. The number of hydrogen-bond acceptors (Lipinski definition) is 4. The predicted molar refractivity (Wildman–Crippen MR) is 84.8 cm³/mol. The van der Waals surface area contributed by atoms with Crippen molar-refractivity contribution in [2.24, 2.45) is 0 Å². The molecule has 1 aromatic carbocycles. The van der Waals surface area contributed by atoms with Gasteiger partial charge in [0.2, 0.25) is 0 Å². The molecular formula is C16H11F2N3OS. The van der Waals surface area contributed by atoms with Crippen molar-refractivity contribution in [3.05, 3.63) is 59.9 Å². The van der Waals surface area contributed by atoms with Gasteiger partial charge in [-0.25, -0.2) is 0 Å². The Bertz CT molecular complexity index is 740. The van der Waals surface area contributed by atoms with E-state index in [1.54, 1.807) is 18.3 Å². The number of alkyl halides is 2. The van der Waals surface area contributed by atoms with Crippen LogP contribution in [0.2, 0.25) is 0 Å². The van der Waals surface area contributed by atoms with E-state index < -0.39 is 11.7 Å². The van der Waals surface area contributed by atoms with E-state index in [2.05, 4.69) is 10.3 Å². The standard InChI is InChI=1S/C16H11F2N3OS/c17-16(18)23-14-5-3-13(4-6-14)21-15(22)12(9-19)8-11-2-1-7-20-10-11/h1-8,10,16H,(H,21,22)/b12-8-. The van der Waals surface area contributed by atoms with E-state index in [-0.39, 0.29) is 5.57 Å². The Balaban J connectivity index is 2.08. The van der Waals surface area contributed by atoms with Gasteiger partial charge in [0.1, 0.15) is 11.6 Å². The second-order valence-electron chi connectivity index (χ2n) is 4.31. The summed E-state index contributed by atoms with van der Waals surface area (Å²) in [6, 6.07) is 11.2. The minimum absolute atomic E-state index is 0.0796. The van der Waals surface area contributed by atoms with E-state index in [1.807, 2.05) is 6.07 Å². The van der Waals surface area contributed by atoms with Crippen LogP contribution in [0.1, 0.15) is 5.56 Å². The minimum Gasteiger partial charge on any atom is -0.321 e. The summed E-state index contributed by atoms with van der Waals surface area (Å²) < 4.78 is 24.5. The lowest BCUT2D eigenvalue weighted by atomic mass is 10.1. The van der Waals surface area contributed by atoms with Gasteiger partial charge in [0.15, 0.2) is 0 Å². The molecule has 2 rings (SSSR count). The second-order valence-corrected chi connectivity index (χ2v) is 5.38. The first-order valence-electron chi connectivity index (χ1n) is 6.46. The number of thioether (sulfide) groups is 1. The highest BCUT2D eigenvalue weighted by molar-refractivity contribution is 7.99. The highest BCUT2D eigenvalue weighted by atomic mass is 32.2. The number of nitrogens with zero attached hydrogens (tertiary/aromatic N) is 2. The van der Waals surface area contributed by atoms with Crippen LogP contribution in [-0.4, -0.2) is 16.6 Å². The monoisotopic (exact) mass is 331 g/mol. The first-order chi connectivity index (χ1) is 11.1. The van der Waals surface area contributed by atoms with Gasteiger partial charge in [-0.1, -0.05) is 17.8 Å². The third-order valence-electron chi connectivity index (χ3n) is 2.70. The van der Waals surface area contributed by atoms with Crippen molar-refractivity contribution in [2.45, 2.75) is 10.7 Å². The lowest BCUT2D eigenvalue weighted by molar-refractivity contribution is -0.112. The predicted octanol–water partition coefficient (Wildman–Crippen LogP) is 3.94. The van der Waals surface area contributed by atoms with Crippen LogP contribution in [0.15, 0.2) is 59.3 Å². The zero-order chi connectivity index (χ0) is 16.7. The zero-order valence-electron chi connectivity index (χ0n) is 11.7. The molecule has 23 heavy (non-hydrogen) atoms. The van der Waals surface area contributed by atoms with Crippen molar-refractivity contribution in [1.82, 2.24) is 4.98 Å². The van der Waals surface area contributed by atoms with Gasteiger partial charge in [-0.05, 0) is 42.0 Å². The third kappa shape index (κ3) is 5.20. The van der Waals surface area contributed by atoms with Gasteiger partial charge in [0.05, 0.1) is 0 Å². The smallest absolute Gasteiger partial charge is 0.288 e. The Hall–Kier alpha value is -2.72. The first-order valence-corrected chi connectivity index (χ1v) is 7.34. The number of aromatic nitrogens is 1. The SMILES string of the molecule is N#C/C(=C/c1cccnc1)C(=O)Nc1ccc(SC(F)F)cc1. The maximum atomic E-state index is 12.2. The Morgan fingerprint density at radius 3 is 2.61 bits per heavy atom. The fourth-order valence-electron chi connectivity index (χ4n) is 1.69. The van der Waals surface area contributed by atoms with Gasteiger partial charge >= 0.3 is 0 Å². The summed E-state index contributed by atoms with van der Waals surface area (Å²) in [4.78, 5) is 16.4. The molecular weight excluding hydrogens is 320 g/mol. The average molecular weight is 331 g/mol. The molecule has 0 bridgehead atoms. The third-order valence-corrected chi connectivity index (χ3v) is 3.42. The summed E-state index contributed by atoms with van der Waals surface area (Å²) in [6.45, 7) is 0. The van der Waals surface area contributed by atoms with Crippen molar-refractivity contribution in [3.63, 3.8) is 0 Å². The molecule has 2 aromatic rings. The fourth-order valence-corrected chi connectivity index (χ4v) is 2.19. The van der Waals surface area contributed by atoms with E-state index in [9.17, 15) is 13.6 Å². The molecule has 1 N–H and O–H groups in total. The number of carbonyl (C=O) groups is 1. The maximum absolute atomic E-state index is 12.2. The molecule has 0 saturated carbocycles. The van der Waals surface area contributed by atoms with E-state index in [4.69, 9.17) is 5.26 Å². The summed E-state index contributed by atoms with van der Waals surface area (Å²) in [5.74, 6) is -3.08. The van der Waals surface area contributed by atoms with Crippen molar-refractivity contribution in [3.8, 4) is 6.07 Å². The molecule has 1 aromatic heterocycles. The molecule has 0 aliphatic carbocycles. The van der Waals surface area contributed by atoms with Gasteiger partial charge in [0.25, 0.3) is 11.7 Å². The molecule has 0 spiro atoms. The Morgan fingerprint density at radius 1 is 1.30 bits per heavy atom. The highest BCUT2D eigenvalue weighted by Crippen LogP contribution is 2.26. The number of anilines is 1. The molecule has 0 radical (unpaired) electrons. The molecule has 0 atom stereocenters. The first kappa shape index (κ1) is 16.6. The number of halogens is 2. The van der Waals surface area contributed by atoms with Gasteiger partial charge in [-0.2, -0.15) is 14.0 Å². The van der Waals surface area contributed by atoms with E-state index in [1.165, 1.54) is 36.5 Å². The Labute approximate surface area is 135 Å². The maximum Gasteiger partial charge on any atom is 0.288 e. The molecule has 0 fully saturated rings. The molecule has 1 amide bonds. The largest absolute Gasteiger partial charge is 0.321 e. The van der Waals surface area contributed by atoms with Gasteiger partial charge in [0, 0.05) is 23.0 Å². The molecule has 0 unspecified atom stereocenters. The van der Waals surface area contributed by atoms with Crippen LogP contribution in [0.3, 0.4) is 0 Å². The summed E-state index contributed by atoms with van der Waals surface area (Å²) in [6.07, 6.45) is 4.53. The number of rotatable bonds is 5. The molecule has 0 aliphatic heterocycles. The van der Waals surface area contributed by atoms with Crippen molar-refractivity contribution >= 4 is 29.4 Å². The normalized spacial score (nSPS) is 11.1. The molecule has 4 nitrogen and oxygen atoms in total. The van der Waals surface area contributed by atoms with Crippen LogP contribution in [0, 0.1) is 11.3 Å². The topological polar surface area (TPSA) is 65.8 Å². The number of hydrogen-bond donors (Lipinski definition) is 1. The Kier molecular flexibility index (Phi) is 5.83. The minimum atomic E-state index is -2.50. The van der Waals surface area contributed by atoms with Gasteiger partial charge < -0.3 is 5.32 Å². The van der Waals surface area contributed by atoms with E-state index in [0.29, 0.717) is 27.9 Å². The molecule has 1 heterocycles. The number of benzene rings is 1. The summed E-state index contributed by atoms with van der Waals surface area (Å²) >= 11 is 0.422. The molecule has 0 saturated heterocycles. The van der Waals surface area contributed by atoms with Crippen LogP contribution in [0.25, 0.3) is 6.08 Å². The van der Waals surface area contributed by atoms with E-state index >= 15 is 0 Å². The number of nitrogens with one attached hydrogen (secondary N) is 1. The van der Waals surface area contributed by atoms with Crippen LogP contribution in [0.5, 0.6) is 0 Å². The fraction of sp³-hybridized carbons (Fsp3) is 0.0625. The number of nitriles is 1.